The topological polar surface area (TPSA) is 52.0 Å². The number of rotatable bonds is 4. The molecule has 1 atom stereocenters. The van der Waals surface area contributed by atoms with Crippen molar-refractivity contribution in [2.24, 2.45) is 5.92 Å². The van der Waals surface area contributed by atoms with Gasteiger partial charge in [-0.1, -0.05) is 0 Å². The highest BCUT2D eigenvalue weighted by Crippen LogP contribution is 2.18. The number of ether oxygens (including phenoxy) is 1. The summed E-state index contributed by atoms with van der Waals surface area (Å²) in [7, 11) is 0. The molecular weight excluding hydrogens is 228 g/mol. The van der Waals surface area contributed by atoms with Crippen LogP contribution in [-0.2, 0) is 4.74 Å². The molecule has 94 valence electrons. The maximum absolute atomic E-state index is 5.37. The maximum Gasteiger partial charge on any atom is 0.176 e. The lowest BCUT2D eigenvalue weighted by Gasteiger charge is -2.13. The van der Waals surface area contributed by atoms with Gasteiger partial charge < -0.3 is 10.1 Å². The molecule has 0 bridgehead atoms. The molecule has 18 heavy (non-hydrogen) atoms. The molecule has 5 heteroatoms. The molecule has 1 N–H and O–H groups in total. The number of hydrogen-bond donors (Lipinski definition) is 1. The zero-order chi connectivity index (χ0) is 12.2. The summed E-state index contributed by atoms with van der Waals surface area (Å²) in [6, 6.07) is 5.85. The highest BCUT2D eigenvalue weighted by atomic mass is 16.5. The Morgan fingerprint density at radius 1 is 1.39 bits per heavy atom. The molecule has 0 spiro atoms. The molecule has 2 aromatic rings. The second-order valence-electron chi connectivity index (χ2n) is 4.44. The third-order valence-corrected chi connectivity index (χ3v) is 3.11. The van der Waals surface area contributed by atoms with E-state index in [4.69, 9.17) is 4.74 Å². The van der Waals surface area contributed by atoms with Crippen LogP contribution >= 0.6 is 0 Å². The minimum absolute atomic E-state index is 0.593. The summed E-state index contributed by atoms with van der Waals surface area (Å²) in [5.41, 5.74) is 1.01. The Labute approximate surface area is 106 Å². The molecule has 3 rings (SSSR count). The van der Waals surface area contributed by atoms with Crippen LogP contribution in [0.4, 0.5) is 5.69 Å². The number of nitrogens with zero attached hydrogens (tertiary/aromatic N) is 3. The summed E-state index contributed by atoms with van der Waals surface area (Å²) in [5.74, 6) is 1.43. The number of hydrogen-bond acceptors (Lipinski definition) is 4. The van der Waals surface area contributed by atoms with E-state index in [2.05, 4.69) is 15.4 Å². The lowest BCUT2D eigenvalue weighted by atomic mass is 10.1. The van der Waals surface area contributed by atoms with Crippen molar-refractivity contribution >= 4 is 5.69 Å². The van der Waals surface area contributed by atoms with Crippen molar-refractivity contribution in [1.29, 1.82) is 0 Å². The molecule has 1 fully saturated rings. The van der Waals surface area contributed by atoms with E-state index in [0.717, 1.165) is 37.7 Å². The SMILES string of the molecule is c1cnc(-n2cccn2)c(NCC2CCOC2)c1. The monoisotopic (exact) mass is 244 g/mol. The van der Waals surface area contributed by atoms with Crippen molar-refractivity contribution in [2.75, 3.05) is 25.1 Å². The molecule has 1 unspecified atom stereocenters. The average molecular weight is 244 g/mol. The van der Waals surface area contributed by atoms with Crippen LogP contribution in [-0.4, -0.2) is 34.5 Å². The largest absolute Gasteiger partial charge is 0.382 e. The van der Waals surface area contributed by atoms with Gasteiger partial charge in [-0.05, 0) is 24.6 Å². The number of anilines is 1. The van der Waals surface area contributed by atoms with Gasteiger partial charge in [0.15, 0.2) is 5.82 Å². The molecule has 0 aliphatic carbocycles. The van der Waals surface area contributed by atoms with Crippen LogP contribution in [0.25, 0.3) is 5.82 Å². The molecule has 1 aliphatic rings. The summed E-state index contributed by atoms with van der Waals surface area (Å²) in [6.45, 7) is 2.65. The summed E-state index contributed by atoms with van der Waals surface area (Å²) in [5, 5.41) is 7.66. The van der Waals surface area contributed by atoms with Crippen molar-refractivity contribution < 1.29 is 4.74 Å². The van der Waals surface area contributed by atoms with Gasteiger partial charge in [0, 0.05) is 37.7 Å². The van der Waals surface area contributed by atoms with Gasteiger partial charge in [0.05, 0.1) is 12.3 Å². The first-order valence-electron chi connectivity index (χ1n) is 6.20. The Bertz CT molecular complexity index is 491. The zero-order valence-electron chi connectivity index (χ0n) is 10.1. The molecule has 5 nitrogen and oxygen atoms in total. The molecule has 2 aromatic heterocycles. The first-order chi connectivity index (χ1) is 8.93. The van der Waals surface area contributed by atoms with Gasteiger partial charge in [0.1, 0.15) is 0 Å². The first-order valence-corrected chi connectivity index (χ1v) is 6.20. The molecule has 0 amide bonds. The Morgan fingerprint density at radius 2 is 2.39 bits per heavy atom. The summed E-state index contributed by atoms with van der Waals surface area (Å²) < 4.78 is 7.15. The van der Waals surface area contributed by atoms with Crippen molar-refractivity contribution in [2.45, 2.75) is 6.42 Å². The second kappa shape index (κ2) is 5.18. The minimum atomic E-state index is 0.593. The summed E-state index contributed by atoms with van der Waals surface area (Å²) >= 11 is 0. The molecular formula is C13H16N4O. The van der Waals surface area contributed by atoms with Crippen LogP contribution < -0.4 is 5.32 Å². The van der Waals surface area contributed by atoms with Gasteiger partial charge in [0.2, 0.25) is 0 Å². The van der Waals surface area contributed by atoms with Crippen molar-refractivity contribution in [1.82, 2.24) is 14.8 Å². The van der Waals surface area contributed by atoms with E-state index in [1.165, 1.54) is 0 Å². The van der Waals surface area contributed by atoms with Crippen LogP contribution in [0.2, 0.25) is 0 Å². The van der Waals surface area contributed by atoms with Gasteiger partial charge in [-0.25, -0.2) is 9.67 Å². The first kappa shape index (κ1) is 11.2. The van der Waals surface area contributed by atoms with E-state index in [-0.39, 0.29) is 0 Å². The Balaban J connectivity index is 1.75. The predicted molar refractivity (Wildman–Crippen MR) is 68.8 cm³/mol. The molecule has 1 saturated heterocycles. The fraction of sp³-hybridized carbons (Fsp3) is 0.385. The van der Waals surface area contributed by atoms with Crippen LogP contribution in [0.5, 0.6) is 0 Å². The number of pyridine rings is 1. The molecule has 0 aromatic carbocycles. The number of aromatic nitrogens is 3. The predicted octanol–water partition coefficient (Wildman–Crippen LogP) is 1.72. The van der Waals surface area contributed by atoms with Gasteiger partial charge >= 0.3 is 0 Å². The highest BCUT2D eigenvalue weighted by molar-refractivity contribution is 5.56. The van der Waals surface area contributed by atoms with E-state index < -0.39 is 0 Å². The normalized spacial score (nSPS) is 19.0. The van der Waals surface area contributed by atoms with E-state index in [1.807, 2.05) is 24.4 Å². The fourth-order valence-corrected chi connectivity index (χ4v) is 2.11. The van der Waals surface area contributed by atoms with Gasteiger partial charge in [-0.2, -0.15) is 5.10 Å². The summed E-state index contributed by atoms with van der Waals surface area (Å²) in [4.78, 5) is 4.37. The van der Waals surface area contributed by atoms with E-state index >= 15 is 0 Å². The van der Waals surface area contributed by atoms with Crippen LogP contribution in [0.3, 0.4) is 0 Å². The fourth-order valence-electron chi connectivity index (χ4n) is 2.11. The molecule has 0 saturated carbocycles. The van der Waals surface area contributed by atoms with Crippen LogP contribution in [0.15, 0.2) is 36.8 Å². The van der Waals surface area contributed by atoms with E-state index in [0.29, 0.717) is 5.92 Å². The maximum atomic E-state index is 5.37. The van der Waals surface area contributed by atoms with Crippen molar-refractivity contribution in [3.63, 3.8) is 0 Å². The van der Waals surface area contributed by atoms with Crippen molar-refractivity contribution in [3.05, 3.63) is 36.8 Å². The Kier molecular flexibility index (Phi) is 3.23. The smallest absolute Gasteiger partial charge is 0.176 e. The van der Waals surface area contributed by atoms with Crippen LogP contribution in [0.1, 0.15) is 6.42 Å². The van der Waals surface area contributed by atoms with E-state index in [1.54, 1.807) is 17.1 Å². The Morgan fingerprint density at radius 3 is 3.17 bits per heavy atom. The lowest BCUT2D eigenvalue weighted by Crippen LogP contribution is -2.15. The lowest BCUT2D eigenvalue weighted by molar-refractivity contribution is 0.187. The second-order valence-corrected chi connectivity index (χ2v) is 4.44. The zero-order valence-corrected chi connectivity index (χ0v) is 10.1. The molecule has 1 aliphatic heterocycles. The third kappa shape index (κ3) is 2.36. The van der Waals surface area contributed by atoms with Crippen molar-refractivity contribution in [3.8, 4) is 5.82 Å². The summed E-state index contributed by atoms with van der Waals surface area (Å²) in [6.07, 6.45) is 6.56. The Hall–Kier alpha value is -1.88. The standard InChI is InChI=1S/C13H16N4O/c1-3-12(15-9-11-4-8-18-10-11)13(14-5-1)17-7-2-6-16-17/h1-3,5-7,11,15H,4,8-10H2. The van der Waals surface area contributed by atoms with E-state index in [9.17, 15) is 0 Å². The number of nitrogens with one attached hydrogen (secondary N) is 1. The third-order valence-electron chi connectivity index (χ3n) is 3.11. The minimum Gasteiger partial charge on any atom is -0.382 e. The molecule has 3 heterocycles. The average Bonchev–Trinajstić information content (AvgIpc) is 3.10. The van der Waals surface area contributed by atoms with Gasteiger partial charge in [-0.3, -0.25) is 0 Å². The molecule has 0 radical (unpaired) electrons. The van der Waals surface area contributed by atoms with Gasteiger partial charge in [-0.15, -0.1) is 0 Å². The van der Waals surface area contributed by atoms with Gasteiger partial charge in [0.25, 0.3) is 0 Å². The van der Waals surface area contributed by atoms with Crippen LogP contribution in [0, 0.1) is 5.92 Å². The highest BCUT2D eigenvalue weighted by Gasteiger charge is 2.16. The quantitative estimate of drug-likeness (QED) is 0.889.